The van der Waals surface area contributed by atoms with Crippen molar-refractivity contribution in [2.24, 2.45) is 18.9 Å². The van der Waals surface area contributed by atoms with Crippen molar-refractivity contribution in [3.05, 3.63) is 16.4 Å². The second kappa shape index (κ2) is 6.27. The van der Waals surface area contributed by atoms with E-state index in [9.17, 15) is 0 Å². The molecule has 1 fully saturated rings. The average molecular weight is 284 g/mol. The fraction of sp³-hybridized carbons (Fsp3) is 0.800. The van der Waals surface area contributed by atoms with Gasteiger partial charge in [0.05, 0.1) is 5.69 Å². The van der Waals surface area contributed by atoms with Crippen LogP contribution in [-0.2, 0) is 13.5 Å². The molecule has 3 nitrogen and oxygen atoms in total. The lowest BCUT2D eigenvalue weighted by Gasteiger charge is -2.19. The highest BCUT2D eigenvalue weighted by atomic mass is 35.5. The maximum atomic E-state index is 6.35. The predicted octanol–water partition coefficient (Wildman–Crippen LogP) is 3.34. The fourth-order valence-electron chi connectivity index (χ4n) is 2.72. The molecule has 0 aliphatic heterocycles. The Kier molecular flexibility index (Phi) is 4.91. The topological polar surface area (TPSA) is 29.9 Å². The zero-order valence-corrected chi connectivity index (χ0v) is 13.3. The number of nitrogens with one attached hydrogen (secondary N) is 1. The van der Waals surface area contributed by atoms with Crippen molar-refractivity contribution in [2.45, 2.75) is 52.5 Å². The predicted molar refractivity (Wildman–Crippen MR) is 80.6 cm³/mol. The summed E-state index contributed by atoms with van der Waals surface area (Å²) in [6, 6.07) is 0.778. The molecule has 0 bridgehead atoms. The maximum Gasteiger partial charge on any atom is 0.130 e. The van der Waals surface area contributed by atoms with E-state index in [1.165, 1.54) is 24.8 Å². The first-order chi connectivity index (χ1) is 8.97. The monoisotopic (exact) mass is 283 g/mol. The Hall–Kier alpha value is -0.540. The van der Waals surface area contributed by atoms with Crippen molar-refractivity contribution < 1.29 is 0 Å². The number of nitrogens with zero attached hydrogens (tertiary/aromatic N) is 2. The molecule has 1 atom stereocenters. The summed E-state index contributed by atoms with van der Waals surface area (Å²) in [5.41, 5.74) is 2.31. The van der Waals surface area contributed by atoms with Crippen LogP contribution in [0.15, 0.2) is 0 Å². The van der Waals surface area contributed by atoms with Gasteiger partial charge in [-0.3, -0.25) is 4.68 Å². The Labute approximate surface area is 121 Å². The molecule has 1 aliphatic carbocycles. The molecule has 0 aromatic carbocycles. The number of rotatable bonds is 7. The summed E-state index contributed by atoms with van der Waals surface area (Å²) in [7, 11) is 1.92. The van der Waals surface area contributed by atoms with Gasteiger partial charge in [0.15, 0.2) is 0 Å². The molecular formula is C15H26ClN3. The first-order valence-electron chi connectivity index (χ1n) is 7.38. The third-order valence-corrected chi connectivity index (χ3v) is 4.31. The van der Waals surface area contributed by atoms with Gasteiger partial charge < -0.3 is 5.32 Å². The summed E-state index contributed by atoms with van der Waals surface area (Å²) in [6.07, 6.45) is 4.98. The Morgan fingerprint density at radius 3 is 2.58 bits per heavy atom. The quantitative estimate of drug-likeness (QED) is 0.832. The standard InChI is InChI=1S/C15H26ClN3/c1-10(2)7-12(9-17-13-5-6-13)8-14-11(3)18-19(4)15(14)16/h10,12-13,17H,5-9H2,1-4H3. The van der Waals surface area contributed by atoms with Crippen molar-refractivity contribution in [3.8, 4) is 0 Å². The minimum Gasteiger partial charge on any atom is -0.314 e. The molecule has 0 radical (unpaired) electrons. The Balaban J connectivity index is 2.00. The van der Waals surface area contributed by atoms with E-state index in [2.05, 4.69) is 31.2 Å². The zero-order chi connectivity index (χ0) is 14.0. The van der Waals surface area contributed by atoms with E-state index in [-0.39, 0.29) is 0 Å². The van der Waals surface area contributed by atoms with Crippen molar-refractivity contribution in [3.63, 3.8) is 0 Å². The van der Waals surface area contributed by atoms with Crippen LogP contribution in [0.3, 0.4) is 0 Å². The molecule has 1 unspecified atom stereocenters. The minimum absolute atomic E-state index is 0.654. The molecule has 1 aromatic rings. The second-order valence-electron chi connectivity index (χ2n) is 6.36. The maximum absolute atomic E-state index is 6.35. The number of aryl methyl sites for hydroxylation is 2. The Bertz CT molecular complexity index is 421. The lowest BCUT2D eigenvalue weighted by Crippen LogP contribution is -2.27. The number of halogens is 1. The van der Waals surface area contributed by atoms with E-state index >= 15 is 0 Å². The van der Waals surface area contributed by atoms with E-state index in [1.807, 2.05) is 7.05 Å². The number of hydrogen-bond acceptors (Lipinski definition) is 2. The van der Waals surface area contributed by atoms with Crippen LogP contribution in [0.25, 0.3) is 0 Å². The van der Waals surface area contributed by atoms with E-state index in [1.54, 1.807) is 4.68 Å². The highest BCUT2D eigenvalue weighted by Crippen LogP contribution is 2.26. The summed E-state index contributed by atoms with van der Waals surface area (Å²) in [5, 5.41) is 8.88. The first kappa shape index (κ1) is 14.9. The zero-order valence-electron chi connectivity index (χ0n) is 12.5. The Morgan fingerprint density at radius 1 is 1.42 bits per heavy atom. The van der Waals surface area contributed by atoms with Crippen molar-refractivity contribution in [1.29, 1.82) is 0 Å². The van der Waals surface area contributed by atoms with Gasteiger partial charge in [0, 0.05) is 18.7 Å². The molecule has 4 heteroatoms. The third-order valence-electron chi connectivity index (χ3n) is 3.84. The summed E-state index contributed by atoms with van der Waals surface area (Å²) in [4.78, 5) is 0. The normalized spacial score (nSPS) is 17.2. The second-order valence-corrected chi connectivity index (χ2v) is 6.72. The molecule has 0 saturated heterocycles. The van der Waals surface area contributed by atoms with Crippen molar-refractivity contribution in [1.82, 2.24) is 15.1 Å². The van der Waals surface area contributed by atoms with Gasteiger partial charge in [0.2, 0.25) is 0 Å². The van der Waals surface area contributed by atoms with E-state index in [0.717, 1.165) is 35.8 Å². The third kappa shape index (κ3) is 4.22. The fourth-order valence-corrected chi connectivity index (χ4v) is 2.97. The lowest BCUT2D eigenvalue weighted by molar-refractivity contribution is 0.383. The van der Waals surface area contributed by atoms with Gasteiger partial charge in [0.25, 0.3) is 0 Å². The summed E-state index contributed by atoms with van der Waals surface area (Å²) >= 11 is 6.35. The largest absolute Gasteiger partial charge is 0.314 e. The molecule has 0 amide bonds. The SMILES string of the molecule is Cc1nn(C)c(Cl)c1CC(CNC1CC1)CC(C)C. The molecule has 108 valence electrons. The summed E-state index contributed by atoms with van der Waals surface area (Å²) < 4.78 is 1.78. The van der Waals surface area contributed by atoms with Crippen molar-refractivity contribution in [2.75, 3.05) is 6.54 Å². The minimum atomic E-state index is 0.654. The molecular weight excluding hydrogens is 258 g/mol. The lowest BCUT2D eigenvalue weighted by atomic mass is 9.91. The molecule has 1 aromatic heterocycles. The van der Waals surface area contributed by atoms with Crippen LogP contribution in [-0.4, -0.2) is 22.4 Å². The highest BCUT2D eigenvalue weighted by molar-refractivity contribution is 6.30. The molecule has 0 spiro atoms. The van der Waals surface area contributed by atoms with Gasteiger partial charge in [0.1, 0.15) is 5.15 Å². The van der Waals surface area contributed by atoms with Crippen LogP contribution in [0.5, 0.6) is 0 Å². The van der Waals surface area contributed by atoms with E-state index in [4.69, 9.17) is 11.6 Å². The molecule has 1 heterocycles. The van der Waals surface area contributed by atoms with Crippen LogP contribution in [0, 0.1) is 18.8 Å². The van der Waals surface area contributed by atoms with Gasteiger partial charge in [-0.2, -0.15) is 5.10 Å². The van der Waals surface area contributed by atoms with Crippen LogP contribution < -0.4 is 5.32 Å². The highest BCUT2D eigenvalue weighted by Gasteiger charge is 2.23. The van der Waals surface area contributed by atoms with Crippen LogP contribution in [0.1, 0.15) is 44.4 Å². The first-order valence-corrected chi connectivity index (χ1v) is 7.76. The smallest absolute Gasteiger partial charge is 0.130 e. The molecule has 2 rings (SSSR count). The molecule has 1 N–H and O–H groups in total. The van der Waals surface area contributed by atoms with Crippen LogP contribution in [0.4, 0.5) is 0 Å². The molecule has 1 aliphatic rings. The van der Waals surface area contributed by atoms with Gasteiger partial charge in [-0.15, -0.1) is 0 Å². The number of hydrogen-bond donors (Lipinski definition) is 1. The summed E-state index contributed by atoms with van der Waals surface area (Å²) in [5.74, 6) is 1.38. The van der Waals surface area contributed by atoms with E-state index in [0.29, 0.717) is 5.92 Å². The van der Waals surface area contributed by atoms with Gasteiger partial charge in [-0.1, -0.05) is 25.4 Å². The summed E-state index contributed by atoms with van der Waals surface area (Å²) in [6.45, 7) is 7.75. The average Bonchev–Trinajstić information content (AvgIpc) is 3.10. The molecule has 1 saturated carbocycles. The van der Waals surface area contributed by atoms with Crippen LogP contribution in [0.2, 0.25) is 5.15 Å². The van der Waals surface area contributed by atoms with Gasteiger partial charge in [-0.25, -0.2) is 0 Å². The van der Waals surface area contributed by atoms with Gasteiger partial charge >= 0.3 is 0 Å². The number of aromatic nitrogens is 2. The molecule has 19 heavy (non-hydrogen) atoms. The van der Waals surface area contributed by atoms with Crippen molar-refractivity contribution >= 4 is 11.6 Å². The van der Waals surface area contributed by atoms with Crippen LogP contribution >= 0.6 is 11.6 Å². The van der Waals surface area contributed by atoms with Gasteiger partial charge in [-0.05, 0) is 51.0 Å². The Morgan fingerprint density at radius 2 is 2.11 bits per heavy atom. The van der Waals surface area contributed by atoms with E-state index < -0.39 is 0 Å².